The van der Waals surface area contributed by atoms with E-state index in [-0.39, 0.29) is 0 Å². The molecule has 0 saturated carbocycles. The van der Waals surface area contributed by atoms with Gasteiger partial charge in [0.1, 0.15) is 11.3 Å². The topological polar surface area (TPSA) is 88.7 Å². The van der Waals surface area contributed by atoms with Gasteiger partial charge < -0.3 is 20.6 Å². The molecule has 4 N–H and O–H groups in total. The maximum absolute atomic E-state index is 10.8. The van der Waals surface area contributed by atoms with Crippen molar-refractivity contribution in [2.75, 3.05) is 5.32 Å². The van der Waals surface area contributed by atoms with E-state index in [1.165, 1.54) is 0 Å². The summed E-state index contributed by atoms with van der Waals surface area (Å²) < 4.78 is 2.04. The quantitative estimate of drug-likeness (QED) is 0.491. The molecule has 4 aromatic rings. The zero-order valence-corrected chi connectivity index (χ0v) is 13.4. The molecule has 0 aliphatic carbocycles. The number of para-hydroxylation sites is 1. The highest BCUT2D eigenvalue weighted by Crippen LogP contribution is 2.26. The summed E-state index contributed by atoms with van der Waals surface area (Å²) >= 11 is 0. The fourth-order valence-electron chi connectivity index (χ4n) is 2.88. The number of anilines is 1. The molecule has 0 aliphatic heterocycles. The fraction of sp³-hybridized carbons (Fsp3) is 0.0526. The van der Waals surface area contributed by atoms with Crippen LogP contribution in [0.3, 0.4) is 0 Å². The number of benzene rings is 2. The number of imidazole rings is 1. The zero-order chi connectivity index (χ0) is 17.2. The summed E-state index contributed by atoms with van der Waals surface area (Å²) in [6, 6.07) is 15.7. The van der Waals surface area contributed by atoms with E-state index in [2.05, 4.69) is 21.4 Å². The molecule has 0 bridgehead atoms. The third kappa shape index (κ3) is 2.79. The molecule has 2 aromatic heterocycles. The summed E-state index contributed by atoms with van der Waals surface area (Å²) in [6.07, 6.45) is 4.67. The molecule has 0 saturated heterocycles. The van der Waals surface area contributed by atoms with Gasteiger partial charge in [0.2, 0.25) is 6.41 Å². The molecule has 25 heavy (non-hydrogen) atoms. The summed E-state index contributed by atoms with van der Waals surface area (Å²) in [5, 5.41) is 2.68. The van der Waals surface area contributed by atoms with E-state index < -0.39 is 0 Å². The van der Waals surface area contributed by atoms with Crippen molar-refractivity contribution in [1.29, 1.82) is 0 Å². The summed E-state index contributed by atoms with van der Waals surface area (Å²) in [4.78, 5) is 18.7. The minimum Gasteiger partial charge on any atom is -0.338 e. The predicted molar refractivity (Wildman–Crippen MR) is 98.4 cm³/mol. The average Bonchev–Trinajstić information content (AvgIpc) is 3.29. The molecule has 0 unspecified atom stereocenters. The van der Waals surface area contributed by atoms with Gasteiger partial charge in [0, 0.05) is 30.2 Å². The van der Waals surface area contributed by atoms with Crippen molar-refractivity contribution < 1.29 is 4.79 Å². The number of amides is 1. The molecule has 2 heterocycles. The lowest BCUT2D eigenvalue weighted by Crippen LogP contribution is -1.95. The number of nitrogens with two attached hydrogens (primary N) is 1. The highest BCUT2D eigenvalue weighted by atomic mass is 16.1. The van der Waals surface area contributed by atoms with Crippen molar-refractivity contribution >= 4 is 23.1 Å². The van der Waals surface area contributed by atoms with Gasteiger partial charge in [-0.05, 0) is 35.9 Å². The summed E-state index contributed by atoms with van der Waals surface area (Å²) in [7, 11) is 0. The molecule has 0 aliphatic rings. The Morgan fingerprint density at radius 1 is 1.20 bits per heavy atom. The molecule has 2 aromatic carbocycles. The minimum absolute atomic E-state index is 0.517. The Bertz CT molecular complexity index is 1050. The standard InChI is InChI=1S/C19H17N5O/c20-10-13-7-8-24(11-13)15-4-1-3-14(9-15)19-22-17-6-2-5-16(21-12-25)18(17)23-19/h1-9,11-12H,10,20H2,(H,21,25)(H,22,23). The number of hydrogen-bond acceptors (Lipinski definition) is 3. The van der Waals surface area contributed by atoms with Gasteiger partial charge in [0.25, 0.3) is 0 Å². The number of nitrogens with zero attached hydrogens (tertiary/aromatic N) is 2. The summed E-state index contributed by atoms with van der Waals surface area (Å²) in [5.41, 5.74) is 11.1. The monoisotopic (exact) mass is 331 g/mol. The zero-order valence-electron chi connectivity index (χ0n) is 13.4. The molecule has 6 heteroatoms. The molecular weight excluding hydrogens is 314 g/mol. The summed E-state index contributed by atoms with van der Waals surface area (Å²) in [6.45, 7) is 0.517. The second-order valence-electron chi connectivity index (χ2n) is 5.73. The maximum Gasteiger partial charge on any atom is 0.211 e. The van der Waals surface area contributed by atoms with Crippen LogP contribution in [-0.2, 0) is 11.3 Å². The van der Waals surface area contributed by atoms with Crippen LogP contribution in [-0.4, -0.2) is 20.9 Å². The minimum atomic E-state index is 0.517. The molecule has 6 nitrogen and oxygen atoms in total. The van der Waals surface area contributed by atoms with Crippen LogP contribution in [0.25, 0.3) is 28.1 Å². The average molecular weight is 331 g/mol. The van der Waals surface area contributed by atoms with Gasteiger partial charge in [-0.1, -0.05) is 18.2 Å². The van der Waals surface area contributed by atoms with Gasteiger partial charge in [0.05, 0.1) is 11.2 Å². The smallest absolute Gasteiger partial charge is 0.211 e. The molecular formula is C19H17N5O. The Morgan fingerprint density at radius 2 is 2.08 bits per heavy atom. The number of rotatable bonds is 5. The molecule has 0 radical (unpaired) electrons. The van der Waals surface area contributed by atoms with Gasteiger partial charge in [-0.3, -0.25) is 4.79 Å². The van der Waals surface area contributed by atoms with E-state index in [9.17, 15) is 4.79 Å². The van der Waals surface area contributed by atoms with E-state index in [4.69, 9.17) is 5.73 Å². The van der Waals surface area contributed by atoms with E-state index >= 15 is 0 Å². The second-order valence-corrected chi connectivity index (χ2v) is 5.73. The molecule has 1 amide bonds. The Balaban J connectivity index is 1.77. The van der Waals surface area contributed by atoms with Crippen LogP contribution < -0.4 is 11.1 Å². The number of H-pyrrole nitrogens is 1. The number of carbonyl (C=O) groups excluding carboxylic acids is 1. The maximum atomic E-state index is 10.8. The predicted octanol–water partition coefficient (Wildman–Crippen LogP) is 3.05. The first-order valence-electron chi connectivity index (χ1n) is 7.95. The van der Waals surface area contributed by atoms with Gasteiger partial charge >= 0.3 is 0 Å². The third-order valence-corrected chi connectivity index (χ3v) is 4.13. The highest BCUT2D eigenvalue weighted by Gasteiger charge is 2.09. The SMILES string of the molecule is NCc1ccn(-c2cccc(-c3nc4c(NC=O)cccc4[nH]3)c2)c1. The molecule has 0 spiro atoms. The first-order chi connectivity index (χ1) is 12.3. The van der Waals surface area contributed by atoms with Crippen molar-refractivity contribution in [2.45, 2.75) is 6.54 Å². The Labute approximate surface area is 144 Å². The molecule has 0 atom stereocenters. The lowest BCUT2D eigenvalue weighted by Gasteiger charge is -2.05. The molecule has 0 fully saturated rings. The van der Waals surface area contributed by atoms with Crippen LogP contribution in [0.2, 0.25) is 0 Å². The van der Waals surface area contributed by atoms with Crippen LogP contribution in [0.15, 0.2) is 60.9 Å². The van der Waals surface area contributed by atoms with Crippen LogP contribution in [0, 0.1) is 0 Å². The van der Waals surface area contributed by atoms with Crippen molar-refractivity contribution in [2.24, 2.45) is 5.73 Å². The van der Waals surface area contributed by atoms with Crippen LogP contribution in [0.4, 0.5) is 5.69 Å². The first kappa shape index (κ1) is 15.2. The third-order valence-electron chi connectivity index (χ3n) is 4.13. The normalized spacial score (nSPS) is 10.9. The van der Waals surface area contributed by atoms with E-state index in [0.29, 0.717) is 18.6 Å². The van der Waals surface area contributed by atoms with Crippen molar-refractivity contribution in [3.05, 3.63) is 66.5 Å². The lowest BCUT2D eigenvalue weighted by molar-refractivity contribution is -0.105. The number of hydrogen-bond donors (Lipinski definition) is 3. The van der Waals surface area contributed by atoms with Gasteiger partial charge in [0.15, 0.2) is 0 Å². The largest absolute Gasteiger partial charge is 0.338 e. The van der Waals surface area contributed by atoms with Gasteiger partial charge in [-0.15, -0.1) is 0 Å². The van der Waals surface area contributed by atoms with Crippen molar-refractivity contribution in [3.63, 3.8) is 0 Å². The van der Waals surface area contributed by atoms with Crippen LogP contribution in [0.1, 0.15) is 5.56 Å². The first-order valence-corrected chi connectivity index (χ1v) is 7.95. The lowest BCUT2D eigenvalue weighted by atomic mass is 10.2. The van der Waals surface area contributed by atoms with Crippen LogP contribution >= 0.6 is 0 Å². The number of aromatic nitrogens is 3. The van der Waals surface area contributed by atoms with Crippen molar-refractivity contribution in [1.82, 2.24) is 14.5 Å². The van der Waals surface area contributed by atoms with Crippen molar-refractivity contribution in [3.8, 4) is 17.1 Å². The van der Waals surface area contributed by atoms with E-state index in [1.54, 1.807) is 0 Å². The van der Waals surface area contributed by atoms with E-state index in [0.717, 1.165) is 33.7 Å². The molecule has 124 valence electrons. The Morgan fingerprint density at radius 3 is 2.88 bits per heavy atom. The summed E-state index contributed by atoms with van der Waals surface area (Å²) in [5.74, 6) is 0.753. The van der Waals surface area contributed by atoms with Gasteiger partial charge in [-0.2, -0.15) is 0 Å². The molecule has 4 rings (SSSR count). The van der Waals surface area contributed by atoms with E-state index in [1.807, 2.05) is 59.4 Å². The Kier molecular flexibility index (Phi) is 3.80. The highest BCUT2D eigenvalue weighted by molar-refractivity contribution is 5.94. The number of aromatic amines is 1. The van der Waals surface area contributed by atoms with Crippen LogP contribution in [0.5, 0.6) is 0 Å². The number of fused-ring (bicyclic) bond motifs is 1. The number of nitrogens with one attached hydrogen (secondary N) is 2. The Hall–Kier alpha value is -3.38. The number of carbonyl (C=O) groups is 1. The fourth-order valence-corrected chi connectivity index (χ4v) is 2.88. The van der Waals surface area contributed by atoms with Gasteiger partial charge in [-0.25, -0.2) is 4.98 Å². The second kappa shape index (κ2) is 6.26.